The number of hydrogen-bond acceptors (Lipinski definition) is 12. The molecule has 1 aliphatic heterocycles. The fourth-order valence-electron chi connectivity index (χ4n) is 3.41. The Kier molecular flexibility index (Phi) is 7.97. The quantitative estimate of drug-likeness (QED) is 0.127. The molecule has 2 aromatic rings. The van der Waals surface area contributed by atoms with Crippen molar-refractivity contribution < 1.29 is 19.2 Å². The first-order valence-corrected chi connectivity index (χ1v) is 11.3. The van der Waals surface area contributed by atoms with Crippen molar-refractivity contribution in [2.45, 2.75) is 25.0 Å². The smallest absolute Gasteiger partial charge is 0.270 e. The molecular weight excluding hydrogens is 476 g/mol. The first-order chi connectivity index (χ1) is 17.2. The van der Waals surface area contributed by atoms with Crippen LogP contribution in [-0.4, -0.2) is 75.2 Å². The van der Waals surface area contributed by atoms with E-state index < -0.39 is 11.7 Å². The van der Waals surface area contributed by atoms with Crippen LogP contribution in [-0.2, 0) is 11.2 Å². The molecule has 1 aliphatic rings. The maximum absolute atomic E-state index is 12.8. The lowest BCUT2D eigenvalue weighted by Gasteiger charge is -2.34. The van der Waals surface area contributed by atoms with Crippen LogP contribution in [0.3, 0.4) is 0 Å². The second-order valence-electron chi connectivity index (χ2n) is 8.96. The monoisotopic (exact) mass is 509 g/mol. The molecule has 0 saturated heterocycles. The maximum atomic E-state index is 12.8. The number of ether oxygens (including phenoxy) is 1. The average molecular weight is 510 g/mol. The minimum atomic E-state index is -2.49. The van der Waals surface area contributed by atoms with Gasteiger partial charge < -0.3 is 9.84 Å². The highest BCUT2D eigenvalue weighted by Gasteiger charge is 2.41. The van der Waals surface area contributed by atoms with Crippen molar-refractivity contribution in [2.24, 2.45) is 33.1 Å². The van der Waals surface area contributed by atoms with E-state index >= 15 is 0 Å². The zero-order valence-electron chi connectivity index (χ0n) is 21.1. The van der Waals surface area contributed by atoms with E-state index in [-0.39, 0.29) is 16.1 Å². The highest BCUT2D eigenvalue weighted by Crippen LogP contribution is 2.23. The number of allylic oxidation sites excluding steroid dienone is 2. The Bertz CT molecular complexity index is 1250. The summed E-state index contributed by atoms with van der Waals surface area (Å²) in [6, 6.07) is 7.44. The van der Waals surface area contributed by atoms with Gasteiger partial charge in [-0.3, -0.25) is 32.7 Å². The number of carbonyl (C=O) groups excluding carboxylic acids is 1. The van der Waals surface area contributed by atoms with Gasteiger partial charge in [-0.2, -0.15) is 9.69 Å². The van der Waals surface area contributed by atoms with E-state index in [1.54, 1.807) is 18.1 Å². The van der Waals surface area contributed by atoms with Gasteiger partial charge in [0.25, 0.3) is 5.85 Å². The van der Waals surface area contributed by atoms with E-state index in [2.05, 4.69) is 21.8 Å². The second-order valence-corrected chi connectivity index (χ2v) is 8.96. The molecule has 0 radical (unpaired) electrons. The van der Waals surface area contributed by atoms with Crippen LogP contribution in [0.2, 0.25) is 0 Å². The summed E-state index contributed by atoms with van der Waals surface area (Å²) in [7, 11) is 3.70. The number of aliphatic hydroxyl groups is 1. The van der Waals surface area contributed by atoms with Crippen molar-refractivity contribution in [1.29, 1.82) is 0 Å². The van der Waals surface area contributed by atoms with Gasteiger partial charge in [0.2, 0.25) is 11.6 Å². The van der Waals surface area contributed by atoms with Gasteiger partial charge in [-0.25, -0.2) is 9.97 Å². The minimum Gasteiger partial charge on any atom is -0.451 e. The largest absolute Gasteiger partial charge is 0.451 e. The van der Waals surface area contributed by atoms with E-state index in [0.717, 1.165) is 11.3 Å². The van der Waals surface area contributed by atoms with Crippen molar-refractivity contribution in [2.75, 3.05) is 20.6 Å². The van der Waals surface area contributed by atoms with Crippen LogP contribution in [0.1, 0.15) is 12.5 Å². The van der Waals surface area contributed by atoms with Crippen LogP contribution in [0.15, 0.2) is 70.9 Å². The van der Waals surface area contributed by atoms with Gasteiger partial charge in [-0.05, 0) is 23.8 Å². The molecule has 0 fully saturated rings. The third-order valence-corrected chi connectivity index (χ3v) is 5.81. The van der Waals surface area contributed by atoms with Gasteiger partial charge in [0.15, 0.2) is 17.3 Å². The number of quaternary nitrogens is 1. The lowest BCUT2D eigenvalue weighted by atomic mass is 10.0. The fraction of sp³-hybridized carbons (Fsp3) is 0.292. The predicted octanol–water partition coefficient (Wildman–Crippen LogP) is -0.450. The average Bonchev–Trinajstić information content (AvgIpc) is 2.97. The first-order valence-electron chi connectivity index (χ1n) is 11.3. The number of rotatable bonds is 9. The summed E-state index contributed by atoms with van der Waals surface area (Å²) < 4.78 is 5.40. The number of likely N-dealkylation sites (N-methyl/N-ethyl adjacent to an activating group) is 1. The zero-order chi connectivity index (χ0) is 27.4. The van der Waals surface area contributed by atoms with Gasteiger partial charge in [0.1, 0.15) is 12.3 Å². The molecule has 1 aromatic heterocycles. The van der Waals surface area contributed by atoms with Crippen molar-refractivity contribution in [1.82, 2.24) is 15.0 Å². The van der Waals surface area contributed by atoms with Crippen LogP contribution in [0.4, 0.5) is 0 Å². The van der Waals surface area contributed by atoms with Gasteiger partial charge in [-0.1, -0.05) is 23.3 Å². The molecule has 1 unspecified atom stereocenters. The third kappa shape index (κ3) is 6.68. The Hall–Kier alpha value is -3.85. The van der Waals surface area contributed by atoms with Crippen molar-refractivity contribution >= 4 is 18.2 Å². The summed E-state index contributed by atoms with van der Waals surface area (Å²) in [5.41, 5.74) is 24.7. The summed E-state index contributed by atoms with van der Waals surface area (Å²) in [4.78, 5) is 21.3. The third-order valence-electron chi connectivity index (χ3n) is 5.81. The standard InChI is InChI=1S/C24H33N10O3/c1-16(15-33(3)29-2)34(4)10-6-9-21(35)20(32-34)12-17-7-5-8-18(11-17)22-30-13-19(14-31-22)37-24(27,28)23(25,26)36/h5-9,11,13-15,36H,2,10,12,25-28H2,1,3-4H3/q+1. The van der Waals surface area contributed by atoms with Crippen LogP contribution in [0.5, 0.6) is 5.75 Å². The molecule has 9 N–H and O–H groups in total. The van der Waals surface area contributed by atoms with Crippen molar-refractivity contribution in [3.05, 3.63) is 66.3 Å². The summed E-state index contributed by atoms with van der Waals surface area (Å²) in [5.74, 6) is -4.47. The van der Waals surface area contributed by atoms with Gasteiger partial charge in [0.05, 0.1) is 25.6 Å². The van der Waals surface area contributed by atoms with Crippen LogP contribution >= 0.6 is 0 Å². The maximum Gasteiger partial charge on any atom is 0.270 e. The molecule has 0 saturated carbocycles. The van der Waals surface area contributed by atoms with Crippen LogP contribution < -0.4 is 27.7 Å². The Morgan fingerprint density at radius 1 is 1.30 bits per heavy atom. The van der Waals surface area contributed by atoms with Gasteiger partial charge in [0, 0.05) is 32.7 Å². The summed E-state index contributed by atoms with van der Waals surface area (Å²) in [5, 5.41) is 19.9. The van der Waals surface area contributed by atoms with E-state index in [1.807, 2.05) is 50.5 Å². The van der Waals surface area contributed by atoms with Crippen molar-refractivity contribution in [3.63, 3.8) is 0 Å². The molecule has 196 valence electrons. The Balaban J connectivity index is 1.85. The van der Waals surface area contributed by atoms with E-state index in [1.165, 1.54) is 12.4 Å². The molecule has 2 heterocycles. The molecule has 0 aliphatic carbocycles. The summed E-state index contributed by atoms with van der Waals surface area (Å²) in [6.45, 7) is 5.96. The number of hydrogen-bond donors (Lipinski definition) is 5. The van der Waals surface area contributed by atoms with Gasteiger partial charge in [-0.15, -0.1) is 0 Å². The molecule has 1 aromatic carbocycles. The van der Waals surface area contributed by atoms with Gasteiger partial charge >= 0.3 is 0 Å². The molecule has 13 heteroatoms. The number of ketones is 1. The van der Waals surface area contributed by atoms with E-state index in [0.29, 0.717) is 30.1 Å². The number of benzene rings is 1. The Labute approximate surface area is 215 Å². The topological polar surface area (TPSA) is 204 Å². The Morgan fingerprint density at radius 2 is 1.97 bits per heavy atom. The van der Waals surface area contributed by atoms with E-state index in [9.17, 15) is 9.90 Å². The normalized spacial score (nSPS) is 18.8. The highest BCUT2D eigenvalue weighted by molar-refractivity contribution is 6.44. The van der Waals surface area contributed by atoms with E-state index in [4.69, 9.17) is 32.8 Å². The molecule has 0 spiro atoms. The highest BCUT2D eigenvalue weighted by atomic mass is 16.5. The number of carbonyl (C=O) groups is 1. The molecule has 0 amide bonds. The fourth-order valence-corrected chi connectivity index (χ4v) is 3.41. The summed E-state index contributed by atoms with van der Waals surface area (Å²) >= 11 is 0. The minimum absolute atomic E-state index is 0.0576. The lowest BCUT2D eigenvalue weighted by Crippen LogP contribution is -2.79. The summed E-state index contributed by atoms with van der Waals surface area (Å²) in [6.07, 6.45) is 8.15. The second kappa shape index (κ2) is 10.6. The number of nitrogens with two attached hydrogens (primary N) is 4. The van der Waals surface area contributed by atoms with Crippen molar-refractivity contribution in [3.8, 4) is 17.1 Å². The Morgan fingerprint density at radius 3 is 2.59 bits per heavy atom. The number of nitrogens with zero attached hydrogens (tertiary/aromatic N) is 6. The SMILES string of the molecule is C=NN(C)C=C(C)[N+]1(C)CC=CC(=O)C(Cc2cccc(-c3ncc(OC(N)(N)C(N)(N)O)cn3)c2)=N1. The zero-order valence-corrected chi connectivity index (χ0v) is 21.1. The molecule has 37 heavy (non-hydrogen) atoms. The lowest BCUT2D eigenvalue weighted by molar-refractivity contribution is -0.873. The van der Waals surface area contributed by atoms with Crippen LogP contribution in [0, 0.1) is 0 Å². The van der Waals surface area contributed by atoms with Crippen LogP contribution in [0.25, 0.3) is 11.4 Å². The number of aromatic nitrogens is 2. The predicted molar refractivity (Wildman–Crippen MR) is 140 cm³/mol. The first kappa shape index (κ1) is 27.7. The molecule has 3 rings (SSSR count). The molecule has 13 nitrogen and oxygen atoms in total. The molecule has 1 atom stereocenters. The molecule has 0 bridgehead atoms. The molecular formula is C24H33N10O3+. The number of hydrazone groups is 1.